The summed E-state index contributed by atoms with van der Waals surface area (Å²) < 4.78 is 26.3. The monoisotopic (exact) mass is 420 g/mol. The largest absolute Gasteiger partial charge is 0.366 e. The molecule has 2 aromatic heterocycles. The molecule has 0 aliphatic heterocycles. The van der Waals surface area contributed by atoms with Crippen molar-refractivity contribution in [2.24, 2.45) is 5.92 Å². The minimum atomic E-state index is -2.72. The van der Waals surface area contributed by atoms with E-state index in [9.17, 15) is 18.4 Å². The van der Waals surface area contributed by atoms with Crippen LogP contribution in [0.2, 0.25) is 0 Å². The van der Waals surface area contributed by atoms with Gasteiger partial charge in [-0.1, -0.05) is 6.42 Å². The number of halogens is 2. The molecule has 0 spiro atoms. The molecule has 10 heteroatoms. The number of carbonyl (C=O) groups is 2. The zero-order chi connectivity index (χ0) is 21.8. The van der Waals surface area contributed by atoms with Crippen LogP contribution in [0.4, 0.5) is 20.5 Å². The minimum absolute atomic E-state index is 0.0247. The number of hydrogen-bond donors (Lipinski definition) is 3. The molecule has 8 nitrogen and oxygen atoms in total. The lowest BCUT2D eigenvalue weighted by molar-refractivity contribution is -0.123. The number of nitrogens with one attached hydrogen (secondary N) is 3. The Morgan fingerprint density at radius 1 is 1.20 bits per heavy atom. The number of amides is 2. The van der Waals surface area contributed by atoms with Crippen molar-refractivity contribution >= 4 is 34.5 Å². The zero-order valence-electron chi connectivity index (χ0n) is 17.2. The second-order valence-corrected chi connectivity index (χ2v) is 7.88. The molecular formula is C20H26F2N6O2. The van der Waals surface area contributed by atoms with Gasteiger partial charge in [-0.25, -0.2) is 23.7 Å². The summed E-state index contributed by atoms with van der Waals surface area (Å²) in [6, 6.07) is 1.17. The first-order valence-corrected chi connectivity index (χ1v) is 10.0. The predicted octanol–water partition coefficient (Wildman–Crippen LogP) is 3.42. The van der Waals surface area contributed by atoms with Crippen LogP contribution in [0.3, 0.4) is 0 Å². The van der Waals surface area contributed by atoms with Crippen LogP contribution in [-0.4, -0.2) is 38.8 Å². The van der Waals surface area contributed by atoms with Gasteiger partial charge in [-0.05, 0) is 39.2 Å². The van der Waals surface area contributed by atoms with Crippen LogP contribution >= 0.6 is 0 Å². The Kier molecular flexibility index (Phi) is 6.73. The molecule has 0 unspecified atom stereocenters. The van der Waals surface area contributed by atoms with Crippen LogP contribution in [-0.2, 0) is 9.59 Å². The molecule has 3 N–H and O–H groups in total. The molecule has 3 rings (SSSR count). The number of anilines is 2. The molecule has 30 heavy (non-hydrogen) atoms. The molecular weight excluding hydrogens is 394 g/mol. The van der Waals surface area contributed by atoms with Gasteiger partial charge < -0.3 is 10.6 Å². The van der Waals surface area contributed by atoms with E-state index in [1.807, 2.05) is 13.8 Å². The van der Waals surface area contributed by atoms with Gasteiger partial charge >= 0.3 is 0 Å². The van der Waals surface area contributed by atoms with Crippen molar-refractivity contribution in [1.29, 1.82) is 0 Å². The molecule has 1 aliphatic carbocycles. The lowest BCUT2D eigenvalue weighted by Crippen LogP contribution is -2.40. The fraction of sp³-hybridized carbons (Fsp3) is 0.550. The highest BCUT2D eigenvalue weighted by Crippen LogP contribution is 2.28. The maximum absolute atomic E-state index is 13.2. The van der Waals surface area contributed by atoms with Gasteiger partial charge in [-0.15, -0.1) is 0 Å². The van der Waals surface area contributed by atoms with E-state index in [2.05, 4.69) is 30.9 Å². The summed E-state index contributed by atoms with van der Waals surface area (Å²) in [5, 5.41) is 9.02. The predicted molar refractivity (Wildman–Crippen MR) is 109 cm³/mol. The fourth-order valence-electron chi connectivity index (χ4n) is 3.66. The summed E-state index contributed by atoms with van der Waals surface area (Å²) in [5.74, 6) is -0.283. The van der Waals surface area contributed by atoms with Crippen LogP contribution in [0.25, 0.3) is 10.9 Å². The number of alkyl halides is 2. The molecule has 2 amide bonds. The van der Waals surface area contributed by atoms with Crippen molar-refractivity contribution in [3.05, 3.63) is 18.0 Å². The van der Waals surface area contributed by atoms with E-state index in [1.54, 1.807) is 0 Å². The number of aromatic nitrogens is 3. The van der Waals surface area contributed by atoms with Crippen molar-refractivity contribution in [2.45, 2.75) is 65.0 Å². The molecule has 1 fully saturated rings. The van der Waals surface area contributed by atoms with Gasteiger partial charge in [-0.2, -0.15) is 0 Å². The number of rotatable bonds is 6. The topological polar surface area (TPSA) is 109 Å². The summed E-state index contributed by atoms with van der Waals surface area (Å²) in [4.78, 5) is 36.4. The van der Waals surface area contributed by atoms with E-state index >= 15 is 0 Å². The van der Waals surface area contributed by atoms with Crippen molar-refractivity contribution in [1.82, 2.24) is 20.3 Å². The Labute approximate surface area is 173 Å². The van der Waals surface area contributed by atoms with Crippen LogP contribution in [0.1, 0.15) is 58.6 Å². The van der Waals surface area contributed by atoms with Gasteiger partial charge in [-0.3, -0.25) is 14.9 Å². The van der Waals surface area contributed by atoms with Crippen molar-refractivity contribution < 1.29 is 18.4 Å². The maximum Gasteiger partial charge on any atom is 0.280 e. The SMILES string of the molecule is CC(=O)N[C@@H]1CCC[C@H](C(=O)Nc2ncc3cc(C(F)F)nc(NC(C)C)c3n2)C1. The third-order valence-electron chi connectivity index (χ3n) is 4.92. The zero-order valence-corrected chi connectivity index (χ0v) is 17.2. The van der Waals surface area contributed by atoms with Gasteiger partial charge in [0, 0.05) is 36.5 Å². The van der Waals surface area contributed by atoms with Crippen molar-refractivity contribution in [2.75, 3.05) is 10.6 Å². The summed E-state index contributed by atoms with van der Waals surface area (Å²) in [6.07, 6.45) is 1.64. The molecule has 0 radical (unpaired) electrons. The summed E-state index contributed by atoms with van der Waals surface area (Å²) in [7, 11) is 0. The molecule has 2 atom stereocenters. The van der Waals surface area contributed by atoms with Gasteiger partial charge in [0.1, 0.15) is 11.2 Å². The maximum atomic E-state index is 13.2. The third-order valence-corrected chi connectivity index (χ3v) is 4.92. The fourth-order valence-corrected chi connectivity index (χ4v) is 3.66. The Balaban J connectivity index is 1.81. The lowest BCUT2D eigenvalue weighted by Gasteiger charge is -2.28. The van der Waals surface area contributed by atoms with E-state index < -0.39 is 6.43 Å². The van der Waals surface area contributed by atoms with Gasteiger partial charge in [0.15, 0.2) is 5.82 Å². The first kappa shape index (κ1) is 21.8. The molecule has 1 aliphatic rings. The average molecular weight is 420 g/mol. The smallest absolute Gasteiger partial charge is 0.280 e. The van der Waals surface area contributed by atoms with E-state index in [0.29, 0.717) is 17.3 Å². The minimum Gasteiger partial charge on any atom is -0.366 e. The number of pyridine rings is 1. The first-order chi connectivity index (χ1) is 14.2. The number of fused-ring (bicyclic) bond motifs is 1. The molecule has 0 saturated heterocycles. The Morgan fingerprint density at radius 3 is 2.63 bits per heavy atom. The number of nitrogens with zero attached hydrogens (tertiary/aromatic N) is 3. The first-order valence-electron chi connectivity index (χ1n) is 10.0. The standard InChI is InChI=1S/C20H26F2N6O2/c1-10(2)24-18-16-13(8-15(26-18)17(21)22)9-23-20(27-16)28-19(30)12-5-4-6-14(7-12)25-11(3)29/h8-10,12,14,17H,4-7H2,1-3H3,(H,24,26)(H,25,29)(H,23,27,28,30)/t12-,14+/m0/s1. The molecule has 0 bridgehead atoms. The second-order valence-electron chi connectivity index (χ2n) is 7.88. The van der Waals surface area contributed by atoms with Crippen molar-refractivity contribution in [3.8, 4) is 0 Å². The van der Waals surface area contributed by atoms with Gasteiger partial charge in [0.05, 0.1) is 0 Å². The summed E-state index contributed by atoms with van der Waals surface area (Å²) >= 11 is 0. The highest BCUT2D eigenvalue weighted by Gasteiger charge is 2.28. The molecule has 2 heterocycles. The summed E-state index contributed by atoms with van der Waals surface area (Å²) in [6.45, 7) is 5.19. The lowest BCUT2D eigenvalue weighted by atomic mass is 9.85. The van der Waals surface area contributed by atoms with Crippen LogP contribution in [0, 0.1) is 5.92 Å². The van der Waals surface area contributed by atoms with Gasteiger partial charge in [0.25, 0.3) is 6.43 Å². The molecule has 1 saturated carbocycles. The van der Waals surface area contributed by atoms with E-state index in [-0.39, 0.29) is 47.3 Å². The van der Waals surface area contributed by atoms with Crippen LogP contribution in [0.15, 0.2) is 12.3 Å². The third kappa shape index (κ3) is 5.37. The average Bonchev–Trinajstić information content (AvgIpc) is 2.67. The molecule has 162 valence electrons. The summed E-state index contributed by atoms with van der Waals surface area (Å²) in [5.41, 5.74) is -0.00424. The van der Waals surface area contributed by atoms with Crippen molar-refractivity contribution in [3.63, 3.8) is 0 Å². The second kappa shape index (κ2) is 9.27. The highest BCUT2D eigenvalue weighted by atomic mass is 19.3. The highest BCUT2D eigenvalue weighted by molar-refractivity contribution is 5.94. The van der Waals surface area contributed by atoms with Gasteiger partial charge in [0.2, 0.25) is 17.8 Å². The Morgan fingerprint density at radius 2 is 1.97 bits per heavy atom. The van der Waals surface area contributed by atoms with E-state index in [1.165, 1.54) is 19.2 Å². The normalized spacial score (nSPS) is 19.2. The molecule has 0 aromatic carbocycles. The van der Waals surface area contributed by atoms with E-state index in [0.717, 1.165) is 19.3 Å². The number of hydrogen-bond acceptors (Lipinski definition) is 6. The van der Waals surface area contributed by atoms with E-state index in [4.69, 9.17) is 0 Å². The Hall–Kier alpha value is -2.91. The molecule has 2 aromatic rings. The number of carbonyl (C=O) groups excluding carboxylic acids is 2. The van der Waals surface area contributed by atoms with Crippen LogP contribution < -0.4 is 16.0 Å². The van der Waals surface area contributed by atoms with Crippen LogP contribution in [0.5, 0.6) is 0 Å². The Bertz CT molecular complexity index is 937. The quantitative estimate of drug-likeness (QED) is 0.661.